The maximum absolute atomic E-state index is 5.73. The third-order valence-corrected chi connectivity index (χ3v) is 3.29. The average Bonchev–Trinajstić information content (AvgIpc) is 2.79. The molecular formula is C14H12BrN3O. The molecule has 0 aliphatic heterocycles. The van der Waals surface area contributed by atoms with E-state index in [4.69, 9.17) is 4.74 Å². The molecule has 0 N–H and O–H groups in total. The van der Waals surface area contributed by atoms with Gasteiger partial charge in [0.1, 0.15) is 12.4 Å². The van der Waals surface area contributed by atoms with E-state index in [1.54, 1.807) is 4.52 Å². The number of halogens is 1. The number of pyridine rings is 1. The highest BCUT2D eigenvalue weighted by atomic mass is 79.9. The van der Waals surface area contributed by atoms with Crippen molar-refractivity contribution in [3.8, 4) is 5.75 Å². The van der Waals surface area contributed by atoms with Crippen molar-refractivity contribution in [3.05, 3.63) is 58.5 Å². The van der Waals surface area contributed by atoms with Crippen LogP contribution < -0.4 is 4.74 Å². The number of nitrogens with zero attached hydrogens (tertiary/aromatic N) is 3. The minimum Gasteiger partial charge on any atom is -0.485 e. The van der Waals surface area contributed by atoms with Crippen molar-refractivity contribution in [2.24, 2.45) is 0 Å². The highest BCUT2D eigenvalue weighted by molar-refractivity contribution is 9.10. The lowest BCUT2D eigenvalue weighted by atomic mass is 10.2. The van der Waals surface area contributed by atoms with Crippen molar-refractivity contribution in [2.75, 3.05) is 0 Å². The standard InChI is InChI=1S/C14H12BrN3O/c1-10-4-2-3-5-12(10)19-9-13-16-14-8-11(15)6-7-18(14)17-13/h2-8H,9H2,1H3. The zero-order valence-corrected chi connectivity index (χ0v) is 12.0. The van der Waals surface area contributed by atoms with E-state index < -0.39 is 0 Å². The Morgan fingerprint density at radius 1 is 1.26 bits per heavy atom. The molecule has 5 heteroatoms. The Labute approximate surface area is 119 Å². The summed E-state index contributed by atoms with van der Waals surface area (Å²) in [5, 5.41) is 4.36. The molecule has 3 rings (SSSR count). The Bertz CT molecular complexity index is 724. The SMILES string of the molecule is Cc1ccccc1OCc1nc2cc(Br)ccn2n1. The Morgan fingerprint density at radius 2 is 2.11 bits per heavy atom. The number of hydrogen-bond donors (Lipinski definition) is 0. The molecular weight excluding hydrogens is 306 g/mol. The molecule has 0 radical (unpaired) electrons. The summed E-state index contributed by atoms with van der Waals surface area (Å²) in [6.07, 6.45) is 1.86. The topological polar surface area (TPSA) is 39.4 Å². The predicted molar refractivity (Wildman–Crippen MR) is 76.2 cm³/mol. The zero-order chi connectivity index (χ0) is 13.2. The third-order valence-electron chi connectivity index (χ3n) is 2.79. The van der Waals surface area contributed by atoms with Gasteiger partial charge in [0.25, 0.3) is 0 Å². The summed E-state index contributed by atoms with van der Waals surface area (Å²) in [5.74, 6) is 1.53. The van der Waals surface area contributed by atoms with Gasteiger partial charge in [0.2, 0.25) is 0 Å². The summed E-state index contributed by atoms with van der Waals surface area (Å²) in [4.78, 5) is 4.42. The van der Waals surface area contributed by atoms with E-state index in [1.165, 1.54) is 0 Å². The number of para-hydroxylation sites is 1. The lowest BCUT2D eigenvalue weighted by Crippen LogP contribution is -1.99. The molecule has 0 aliphatic rings. The molecule has 19 heavy (non-hydrogen) atoms. The first-order valence-electron chi connectivity index (χ1n) is 5.91. The lowest BCUT2D eigenvalue weighted by Gasteiger charge is -2.05. The number of fused-ring (bicyclic) bond motifs is 1. The zero-order valence-electron chi connectivity index (χ0n) is 10.4. The second-order valence-electron chi connectivity index (χ2n) is 4.23. The van der Waals surface area contributed by atoms with Crippen LogP contribution in [-0.2, 0) is 6.61 Å². The number of ether oxygens (including phenoxy) is 1. The molecule has 3 aromatic rings. The first kappa shape index (κ1) is 12.2. The quantitative estimate of drug-likeness (QED) is 0.743. The van der Waals surface area contributed by atoms with Gasteiger partial charge in [-0.25, -0.2) is 9.50 Å². The highest BCUT2D eigenvalue weighted by Gasteiger charge is 2.05. The summed E-state index contributed by atoms with van der Waals surface area (Å²) in [5.41, 5.74) is 1.91. The van der Waals surface area contributed by atoms with Crippen LogP contribution in [0.15, 0.2) is 47.1 Å². The fraction of sp³-hybridized carbons (Fsp3) is 0.143. The summed E-state index contributed by atoms with van der Waals surface area (Å²) >= 11 is 3.41. The molecule has 0 spiro atoms. The largest absolute Gasteiger partial charge is 0.485 e. The number of rotatable bonds is 3. The summed E-state index contributed by atoms with van der Waals surface area (Å²) in [6, 6.07) is 11.8. The first-order valence-corrected chi connectivity index (χ1v) is 6.71. The maximum atomic E-state index is 5.73. The number of aromatic nitrogens is 3. The van der Waals surface area contributed by atoms with Gasteiger partial charge in [-0.2, -0.15) is 0 Å². The van der Waals surface area contributed by atoms with Crippen LogP contribution in [-0.4, -0.2) is 14.6 Å². The first-order chi connectivity index (χ1) is 9.22. The van der Waals surface area contributed by atoms with E-state index in [0.717, 1.165) is 21.4 Å². The second kappa shape index (κ2) is 5.01. The molecule has 0 unspecified atom stereocenters. The maximum Gasteiger partial charge on any atom is 0.189 e. The summed E-state index contributed by atoms with van der Waals surface area (Å²) in [6.45, 7) is 2.38. The number of hydrogen-bond acceptors (Lipinski definition) is 3. The van der Waals surface area contributed by atoms with Crippen molar-refractivity contribution in [1.29, 1.82) is 0 Å². The number of benzene rings is 1. The Balaban J connectivity index is 1.80. The molecule has 2 aromatic heterocycles. The van der Waals surface area contributed by atoms with E-state index in [2.05, 4.69) is 26.0 Å². The lowest BCUT2D eigenvalue weighted by molar-refractivity contribution is 0.294. The average molecular weight is 318 g/mol. The third kappa shape index (κ3) is 2.61. The van der Waals surface area contributed by atoms with Gasteiger partial charge in [0.15, 0.2) is 11.5 Å². The molecule has 0 fully saturated rings. The molecule has 0 saturated heterocycles. The van der Waals surface area contributed by atoms with Crippen LogP contribution in [0.2, 0.25) is 0 Å². The Morgan fingerprint density at radius 3 is 2.95 bits per heavy atom. The Hall–Kier alpha value is -1.88. The molecule has 2 heterocycles. The van der Waals surface area contributed by atoms with Gasteiger partial charge in [-0.05, 0) is 30.7 Å². The van der Waals surface area contributed by atoms with Gasteiger partial charge < -0.3 is 4.74 Å². The molecule has 1 aromatic carbocycles. The smallest absolute Gasteiger partial charge is 0.189 e. The van der Waals surface area contributed by atoms with E-state index in [1.807, 2.05) is 49.5 Å². The fourth-order valence-corrected chi connectivity index (χ4v) is 2.15. The van der Waals surface area contributed by atoms with Gasteiger partial charge in [-0.15, -0.1) is 5.10 Å². The molecule has 4 nitrogen and oxygen atoms in total. The predicted octanol–water partition coefficient (Wildman–Crippen LogP) is 3.38. The molecule has 96 valence electrons. The van der Waals surface area contributed by atoms with Crippen LogP contribution in [0.1, 0.15) is 11.4 Å². The monoisotopic (exact) mass is 317 g/mol. The van der Waals surface area contributed by atoms with Gasteiger partial charge in [0, 0.05) is 10.7 Å². The van der Waals surface area contributed by atoms with Crippen LogP contribution in [0.3, 0.4) is 0 Å². The van der Waals surface area contributed by atoms with Crippen LogP contribution in [0.4, 0.5) is 0 Å². The van der Waals surface area contributed by atoms with Crippen LogP contribution >= 0.6 is 15.9 Å². The van der Waals surface area contributed by atoms with E-state index in [0.29, 0.717) is 12.4 Å². The fourth-order valence-electron chi connectivity index (χ4n) is 1.82. The molecule has 0 atom stereocenters. The normalized spacial score (nSPS) is 10.8. The highest BCUT2D eigenvalue weighted by Crippen LogP contribution is 2.17. The van der Waals surface area contributed by atoms with Crippen LogP contribution in [0.5, 0.6) is 5.75 Å². The van der Waals surface area contributed by atoms with Crippen molar-refractivity contribution >= 4 is 21.6 Å². The van der Waals surface area contributed by atoms with E-state index >= 15 is 0 Å². The minimum absolute atomic E-state index is 0.365. The second-order valence-corrected chi connectivity index (χ2v) is 5.15. The molecule has 0 aliphatic carbocycles. The van der Waals surface area contributed by atoms with Gasteiger partial charge >= 0.3 is 0 Å². The van der Waals surface area contributed by atoms with E-state index in [-0.39, 0.29) is 0 Å². The summed E-state index contributed by atoms with van der Waals surface area (Å²) in [7, 11) is 0. The summed E-state index contributed by atoms with van der Waals surface area (Å²) < 4.78 is 8.45. The van der Waals surface area contributed by atoms with Crippen molar-refractivity contribution < 1.29 is 4.74 Å². The van der Waals surface area contributed by atoms with Crippen molar-refractivity contribution in [1.82, 2.24) is 14.6 Å². The molecule has 0 amide bonds. The van der Waals surface area contributed by atoms with Crippen LogP contribution in [0.25, 0.3) is 5.65 Å². The molecule has 0 saturated carbocycles. The van der Waals surface area contributed by atoms with Gasteiger partial charge in [0.05, 0.1) is 0 Å². The van der Waals surface area contributed by atoms with E-state index in [9.17, 15) is 0 Å². The molecule has 0 bridgehead atoms. The Kier molecular flexibility index (Phi) is 3.21. The van der Waals surface area contributed by atoms with Crippen LogP contribution in [0, 0.1) is 6.92 Å². The minimum atomic E-state index is 0.365. The van der Waals surface area contributed by atoms with Crippen molar-refractivity contribution in [3.63, 3.8) is 0 Å². The van der Waals surface area contributed by atoms with Gasteiger partial charge in [-0.3, -0.25) is 0 Å². The van der Waals surface area contributed by atoms with Crippen molar-refractivity contribution in [2.45, 2.75) is 13.5 Å². The number of aryl methyl sites for hydroxylation is 1. The van der Waals surface area contributed by atoms with Gasteiger partial charge in [-0.1, -0.05) is 34.1 Å².